The Morgan fingerprint density at radius 2 is 1.93 bits per heavy atom. The van der Waals surface area contributed by atoms with Crippen LogP contribution in [-0.2, 0) is 4.79 Å². The van der Waals surface area contributed by atoms with E-state index >= 15 is 0 Å². The number of hydrogen-bond acceptors (Lipinski definition) is 5. The molecule has 8 nitrogen and oxygen atoms in total. The zero-order chi connectivity index (χ0) is 21.6. The summed E-state index contributed by atoms with van der Waals surface area (Å²) in [4.78, 5) is 36.6. The summed E-state index contributed by atoms with van der Waals surface area (Å²) in [5, 5.41) is 14.2. The third-order valence-corrected chi connectivity index (χ3v) is 4.49. The predicted octanol–water partition coefficient (Wildman–Crippen LogP) is 3.60. The van der Waals surface area contributed by atoms with Crippen LogP contribution >= 0.6 is 11.6 Å². The van der Waals surface area contributed by atoms with Gasteiger partial charge in [0.05, 0.1) is 11.0 Å². The fraction of sp³-hybridized carbons (Fsp3) is 0.300. The van der Waals surface area contributed by atoms with Gasteiger partial charge in [0.2, 0.25) is 0 Å². The summed E-state index contributed by atoms with van der Waals surface area (Å²) >= 11 is 5.81. The number of para-hydroxylation sites is 1. The number of nitro groups is 1. The summed E-state index contributed by atoms with van der Waals surface area (Å²) in [6.07, 6.45) is 0.509. The standard InChI is InChI=1S/C20H22ClN3O5/c1-4-16(14-7-5-6-8-18(14)29-12-19(25)23(2)3)22-20(26)15-10-9-13(21)11-17(15)24(27)28/h5-11,16H,4,12H2,1-3H3,(H,22,26). The minimum absolute atomic E-state index is 0.0842. The molecule has 29 heavy (non-hydrogen) atoms. The molecule has 0 saturated carbocycles. The molecule has 2 amide bonds. The lowest BCUT2D eigenvalue weighted by molar-refractivity contribution is -0.385. The van der Waals surface area contributed by atoms with Crippen LogP contribution in [0.1, 0.15) is 35.3 Å². The lowest BCUT2D eigenvalue weighted by Crippen LogP contribution is -2.30. The first kappa shape index (κ1) is 22.2. The van der Waals surface area contributed by atoms with Gasteiger partial charge in [0.15, 0.2) is 6.61 Å². The lowest BCUT2D eigenvalue weighted by Gasteiger charge is -2.21. The molecule has 0 fully saturated rings. The molecule has 2 rings (SSSR count). The largest absolute Gasteiger partial charge is 0.483 e. The van der Waals surface area contributed by atoms with Crippen molar-refractivity contribution in [1.82, 2.24) is 10.2 Å². The van der Waals surface area contributed by atoms with Crippen molar-refractivity contribution in [1.29, 1.82) is 0 Å². The number of nitrogens with one attached hydrogen (secondary N) is 1. The van der Waals surface area contributed by atoms with E-state index in [1.807, 2.05) is 6.92 Å². The highest BCUT2D eigenvalue weighted by atomic mass is 35.5. The van der Waals surface area contributed by atoms with Gasteiger partial charge in [-0.05, 0) is 24.6 Å². The Morgan fingerprint density at radius 1 is 1.24 bits per heavy atom. The first-order valence-electron chi connectivity index (χ1n) is 8.91. The van der Waals surface area contributed by atoms with Crippen molar-refractivity contribution >= 4 is 29.1 Å². The molecule has 154 valence electrons. The Balaban J connectivity index is 2.26. The Morgan fingerprint density at radius 3 is 2.55 bits per heavy atom. The summed E-state index contributed by atoms with van der Waals surface area (Å²) in [6, 6.07) is 10.4. The highest BCUT2D eigenvalue weighted by Gasteiger charge is 2.24. The van der Waals surface area contributed by atoms with E-state index in [9.17, 15) is 19.7 Å². The van der Waals surface area contributed by atoms with E-state index < -0.39 is 16.9 Å². The predicted molar refractivity (Wildman–Crippen MR) is 109 cm³/mol. The van der Waals surface area contributed by atoms with Gasteiger partial charge < -0.3 is 15.0 Å². The molecule has 0 aliphatic rings. The van der Waals surface area contributed by atoms with Gasteiger partial charge in [-0.2, -0.15) is 0 Å². The number of carbonyl (C=O) groups excluding carboxylic acids is 2. The summed E-state index contributed by atoms with van der Waals surface area (Å²) in [7, 11) is 3.26. The Kier molecular flexibility index (Phi) is 7.55. The maximum absolute atomic E-state index is 12.7. The van der Waals surface area contributed by atoms with Crippen LogP contribution in [0, 0.1) is 10.1 Å². The minimum Gasteiger partial charge on any atom is -0.483 e. The third kappa shape index (κ3) is 5.68. The van der Waals surface area contributed by atoms with Crippen LogP contribution in [0.3, 0.4) is 0 Å². The maximum Gasteiger partial charge on any atom is 0.283 e. The molecule has 0 aromatic heterocycles. The van der Waals surface area contributed by atoms with Gasteiger partial charge in [-0.15, -0.1) is 0 Å². The number of hydrogen-bond donors (Lipinski definition) is 1. The van der Waals surface area contributed by atoms with Crippen LogP contribution in [-0.4, -0.2) is 42.3 Å². The van der Waals surface area contributed by atoms with Gasteiger partial charge >= 0.3 is 0 Å². The van der Waals surface area contributed by atoms with Gasteiger partial charge in [0.25, 0.3) is 17.5 Å². The average Bonchev–Trinajstić information content (AvgIpc) is 2.70. The first-order valence-corrected chi connectivity index (χ1v) is 9.29. The molecule has 1 atom stereocenters. The molecule has 0 bridgehead atoms. The fourth-order valence-corrected chi connectivity index (χ4v) is 2.82. The highest BCUT2D eigenvalue weighted by molar-refractivity contribution is 6.31. The van der Waals surface area contributed by atoms with E-state index in [0.717, 1.165) is 6.07 Å². The van der Waals surface area contributed by atoms with Crippen molar-refractivity contribution < 1.29 is 19.2 Å². The monoisotopic (exact) mass is 419 g/mol. The molecule has 0 aliphatic carbocycles. The number of ether oxygens (including phenoxy) is 1. The number of rotatable bonds is 8. The molecule has 0 saturated heterocycles. The topological polar surface area (TPSA) is 102 Å². The Hall–Kier alpha value is -3.13. The van der Waals surface area contributed by atoms with Gasteiger partial charge in [-0.1, -0.05) is 36.7 Å². The third-order valence-electron chi connectivity index (χ3n) is 4.26. The van der Waals surface area contributed by atoms with Crippen LogP contribution < -0.4 is 10.1 Å². The van der Waals surface area contributed by atoms with Crippen LogP contribution in [0.15, 0.2) is 42.5 Å². The molecule has 2 aromatic carbocycles. The smallest absolute Gasteiger partial charge is 0.283 e. The molecular weight excluding hydrogens is 398 g/mol. The van der Waals surface area contributed by atoms with Crippen molar-refractivity contribution in [3.63, 3.8) is 0 Å². The minimum atomic E-state index is -0.647. The summed E-state index contributed by atoms with van der Waals surface area (Å²) in [5.41, 5.74) is 0.219. The van der Waals surface area contributed by atoms with Gasteiger partial charge in [-0.25, -0.2) is 0 Å². The van der Waals surface area contributed by atoms with Gasteiger partial charge in [0.1, 0.15) is 11.3 Å². The lowest BCUT2D eigenvalue weighted by atomic mass is 10.0. The van der Waals surface area contributed by atoms with E-state index in [0.29, 0.717) is 17.7 Å². The van der Waals surface area contributed by atoms with Crippen molar-refractivity contribution in [3.8, 4) is 5.75 Å². The number of amides is 2. The maximum atomic E-state index is 12.7. The quantitative estimate of drug-likeness (QED) is 0.520. The molecule has 1 unspecified atom stereocenters. The second kappa shape index (κ2) is 9.88. The number of benzene rings is 2. The van der Waals surface area contributed by atoms with Crippen LogP contribution in [0.2, 0.25) is 5.02 Å². The van der Waals surface area contributed by atoms with Crippen molar-refractivity contribution in [3.05, 3.63) is 68.7 Å². The molecule has 0 radical (unpaired) electrons. The zero-order valence-corrected chi connectivity index (χ0v) is 17.1. The second-order valence-corrected chi connectivity index (χ2v) is 6.90. The first-order chi connectivity index (χ1) is 13.7. The number of nitrogens with zero attached hydrogens (tertiary/aromatic N) is 2. The summed E-state index contributed by atoms with van der Waals surface area (Å²) in [6.45, 7) is 1.72. The second-order valence-electron chi connectivity index (χ2n) is 6.47. The molecule has 0 aliphatic heterocycles. The van der Waals surface area contributed by atoms with E-state index in [1.165, 1.54) is 17.0 Å². The Bertz CT molecular complexity index is 917. The Labute approximate surface area is 173 Å². The summed E-state index contributed by atoms with van der Waals surface area (Å²) < 4.78 is 5.64. The molecular formula is C20H22ClN3O5. The van der Waals surface area contributed by atoms with E-state index in [2.05, 4.69) is 5.32 Å². The van der Waals surface area contributed by atoms with Gasteiger partial charge in [0, 0.05) is 30.7 Å². The number of halogens is 1. The SMILES string of the molecule is CCC(NC(=O)c1ccc(Cl)cc1[N+](=O)[O-])c1ccccc1OCC(=O)N(C)C. The van der Waals surface area contributed by atoms with E-state index in [-0.39, 0.29) is 28.8 Å². The van der Waals surface area contributed by atoms with Crippen molar-refractivity contribution in [2.45, 2.75) is 19.4 Å². The molecule has 0 heterocycles. The summed E-state index contributed by atoms with van der Waals surface area (Å²) in [5.74, 6) is -0.339. The highest BCUT2D eigenvalue weighted by Crippen LogP contribution is 2.29. The molecule has 2 aromatic rings. The van der Waals surface area contributed by atoms with Gasteiger partial charge in [-0.3, -0.25) is 19.7 Å². The van der Waals surface area contributed by atoms with E-state index in [1.54, 1.807) is 38.4 Å². The fourth-order valence-electron chi connectivity index (χ4n) is 2.65. The molecule has 9 heteroatoms. The van der Waals surface area contributed by atoms with Crippen molar-refractivity contribution in [2.24, 2.45) is 0 Å². The average molecular weight is 420 g/mol. The van der Waals surface area contributed by atoms with Crippen LogP contribution in [0.25, 0.3) is 0 Å². The molecule has 1 N–H and O–H groups in total. The number of likely N-dealkylation sites (N-methyl/N-ethyl adjacent to an activating group) is 1. The van der Waals surface area contributed by atoms with Crippen LogP contribution in [0.4, 0.5) is 5.69 Å². The zero-order valence-electron chi connectivity index (χ0n) is 16.3. The number of carbonyl (C=O) groups is 2. The van der Waals surface area contributed by atoms with Crippen LogP contribution in [0.5, 0.6) is 5.75 Å². The van der Waals surface area contributed by atoms with E-state index in [4.69, 9.17) is 16.3 Å². The molecule has 0 spiro atoms. The number of nitro benzene ring substituents is 1. The normalized spacial score (nSPS) is 11.4. The van der Waals surface area contributed by atoms with Crippen molar-refractivity contribution in [2.75, 3.05) is 20.7 Å².